The summed E-state index contributed by atoms with van der Waals surface area (Å²) in [6.45, 7) is 3.58. The van der Waals surface area contributed by atoms with Gasteiger partial charge in [0.05, 0.1) is 13.2 Å². The number of fused-ring (bicyclic) bond motifs is 3. The van der Waals surface area contributed by atoms with Crippen molar-refractivity contribution in [2.45, 2.75) is 45.4 Å². The molecule has 0 saturated heterocycles. The van der Waals surface area contributed by atoms with E-state index >= 15 is 0 Å². The zero-order valence-electron chi connectivity index (χ0n) is 19.9. The first-order valence-electron chi connectivity index (χ1n) is 12.1. The molecule has 0 fully saturated rings. The van der Waals surface area contributed by atoms with E-state index in [0.717, 1.165) is 61.2 Å². The van der Waals surface area contributed by atoms with Gasteiger partial charge < -0.3 is 20.1 Å². The van der Waals surface area contributed by atoms with E-state index in [0.29, 0.717) is 25.3 Å². The molecule has 1 aliphatic heterocycles. The van der Waals surface area contributed by atoms with Crippen LogP contribution >= 0.6 is 0 Å². The van der Waals surface area contributed by atoms with Crippen molar-refractivity contribution in [1.82, 2.24) is 10.6 Å². The second kappa shape index (κ2) is 12.4. The van der Waals surface area contributed by atoms with Crippen LogP contribution in [0.5, 0.6) is 5.75 Å². The second-order valence-corrected chi connectivity index (χ2v) is 8.79. The molecular formula is C29H34N2O3. The maximum atomic E-state index is 13.0. The van der Waals surface area contributed by atoms with E-state index in [1.165, 1.54) is 11.1 Å². The van der Waals surface area contributed by atoms with Crippen molar-refractivity contribution >= 4 is 5.91 Å². The Labute approximate surface area is 202 Å². The molecule has 3 aromatic carbocycles. The lowest BCUT2D eigenvalue weighted by molar-refractivity contribution is 0.0950. The molecule has 3 aromatic rings. The minimum atomic E-state index is -0.0904. The van der Waals surface area contributed by atoms with Gasteiger partial charge in [-0.25, -0.2) is 0 Å². The molecule has 5 nitrogen and oxygen atoms in total. The summed E-state index contributed by atoms with van der Waals surface area (Å²) in [6.07, 6.45) is 4.02. The number of rotatable bonds is 5. The highest BCUT2D eigenvalue weighted by Crippen LogP contribution is 2.25. The molecule has 0 aliphatic carbocycles. The number of hydrogen-bond acceptors (Lipinski definition) is 4. The van der Waals surface area contributed by atoms with Gasteiger partial charge in [-0.1, -0.05) is 48.5 Å². The first kappa shape index (κ1) is 24.0. The minimum absolute atomic E-state index is 0.0904. The van der Waals surface area contributed by atoms with Crippen molar-refractivity contribution in [3.63, 3.8) is 0 Å². The molecule has 4 rings (SSSR count). The zero-order valence-corrected chi connectivity index (χ0v) is 19.9. The molecule has 2 bridgehead atoms. The number of methoxy groups -OCH3 is 1. The molecule has 1 aliphatic rings. The van der Waals surface area contributed by atoms with Gasteiger partial charge in [-0.2, -0.15) is 0 Å². The van der Waals surface area contributed by atoms with Crippen molar-refractivity contribution in [1.29, 1.82) is 0 Å². The van der Waals surface area contributed by atoms with Crippen molar-refractivity contribution in [2.75, 3.05) is 20.3 Å². The standard InChI is InChI=1S/C29H34N2O3/c1-33-21-26-11-4-3-10-25(26)20-31-29(32)24-12-13-28-27(18-24)17-22-8-7-9-23(16-22)19-30-14-5-2-6-15-34-28/h3-4,7-13,16,18,30H,2,5-6,14-15,17,19-21H2,1H3,(H,31,32). The lowest BCUT2D eigenvalue weighted by Gasteiger charge is -2.15. The SMILES string of the molecule is COCc1ccccc1CNC(=O)c1ccc2c(c1)Cc1cccc(c1)CNCCCCCO2. The van der Waals surface area contributed by atoms with E-state index < -0.39 is 0 Å². The minimum Gasteiger partial charge on any atom is -0.493 e. The molecule has 1 amide bonds. The average molecular weight is 459 g/mol. The fourth-order valence-corrected chi connectivity index (χ4v) is 4.32. The number of nitrogens with one attached hydrogen (secondary N) is 2. The Balaban J connectivity index is 1.53. The highest BCUT2D eigenvalue weighted by molar-refractivity contribution is 5.94. The molecule has 0 atom stereocenters. The van der Waals surface area contributed by atoms with Gasteiger partial charge in [0.1, 0.15) is 5.75 Å². The van der Waals surface area contributed by atoms with Crippen molar-refractivity contribution in [3.8, 4) is 5.75 Å². The van der Waals surface area contributed by atoms with Gasteiger partial charge in [0.2, 0.25) is 0 Å². The molecule has 1 heterocycles. The molecule has 0 unspecified atom stereocenters. The topological polar surface area (TPSA) is 59.6 Å². The van der Waals surface area contributed by atoms with Crippen molar-refractivity contribution < 1.29 is 14.3 Å². The summed E-state index contributed by atoms with van der Waals surface area (Å²) in [5.41, 5.74) is 6.31. The van der Waals surface area contributed by atoms with Crippen LogP contribution in [0.4, 0.5) is 0 Å². The monoisotopic (exact) mass is 458 g/mol. The van der Waals surface area contributed by atoms with Gasteiger partial charge >= 0.3 is 0 Å². The molecule has 178 valence electrons. The lowest BCUT2D eigenvalue weighted by atomic mass is 9.99. The van der Waals surface area contributed by atoms with Crippen LogP contribution in [-0.4, -0.2) is 26.2 Å². The summed E-state index contributed by atoms with van der Waals surface area (Å²) in [7, 11) is 1.68. The molecule has 0 radical (unpaired) electrons. The summed E-state index contributed by atoms with van der Waals surface area (Å²) < 4.78 is 11.4. The molecule has 2 N–H and O–H groups in total. The largest absolute Gasteiger partial charge is 0.493 e. The van der Waals surface area contributed by atoms with Crippen LogP contribution in [0, 0.1) is 0 Å². The van der Waals surface area contributed by atoms with Crippen LogP contribution in [0.1, 0.15) is 57.4 Å². The number of hydrogen-bond donors (Lipinski definition) is 2. The quantitative estimate of drug-likeness (QED) is 0.565. The predicted octanol–water partition coefficient (Wildman–Crippen LogP) is 5.01. The Bertz CT molecular complexity index is 1100. The lowest BCUT2D eigenvalue weighted by Crippen LogP contribution is -2.23. The summed E-state index contributed by atoms with van der Waals surface area (Å²) in [5, 5.41) is 6.60. The van der Waals surface area contributed by atoms with E-state index in [1.807, 2.05) is 42.5 Å². The Morgan fingerprint density at radius 2 is 1.82 bits per heavy atom. The summed E-state index contributed by atoms with van der Waals surface area (Å²) in [5.74, 6) is 0.773. The van der Waals surface area contributed by atoms with Crippen LogP contribution in [0.2, 0.25) is 0 Å². The molecule has 34 heavy (non-hydrogen) atoms. The Kier molecular flexibility index (Phi) is 8.71. The van der Waals surface area contributed by atoms with Gasteiger partial charge in [-0.3, -0.25) is 4.79 Å². The summed E-state index contributed by atoms with van der Waals surface area (Å²) in [6, 6.07) is 22.4. The van der Waals surface area contributed by atoms with Crippen LogP contribution in [0.25, 0.3) is 0 Å². The average Bonchev–Trinajstić information content (AvgIpc) is 2.85. The first-order valence-corrected chi connectivity index (χ1v) is 12.1. The normalized spacial score (nSPS) is 14.4. The van der Waals surface area contributed by atoms with Gasteiger partial charge in [0.25, 0.3) is 5.91 Å². The van der Waals surface area contributed by atoms with Crippen LogP contribution in [0.3, 0.4) is 0 Å². The first-order chi connectivity index (χ1) is 16.7. The fourth-order valence-electron chi connectivity index (χ4n) is 4.32. The van der Waals surface area contributed by atoms with E-state index in [2.05, 4.69) is 34.9 Å². The van der Waals surface area contributed by atoms with Gasteiger partial charge in [-0.05, 0) is 71.8 Å². The highest BCUT2D eigenvalue weighted by Gasteiger charge is 2.13. The Morgan fingerprint density at radius 3 is 2.71 bits per heavy atom. The molecule has 0 saturated carbocycles. The van der Waals surface area contributed by atoms with E-state index in [-0.39, 0.29) is 5.91 Å². The molecule has 0 spiro atoms. The molecule has 0 aromatic heterocycles. The van der Waals surface area contributed by atoms with Crippen LogP contribution < -0.4 is 15.4 Å². The maximum Gasteiger partial charge on any atom is 0.251 e. The molecule has 5 heteroatoms. The Hall–Kier alpha value is -3.15. The Morgan fingerprint density at radius 1 is 0.971 bits per heavy atom. The second-order valence-electron chi connectivity index (χ2n) is 8.79. The third kappa shape index (κ3) is 6.69. The third-order valence-corrected chi connectivity index (χ3v) is 6.15. The van der Waals surface area contributed by atoms with E-state index in [1.54, 1.807) is 7.11 Å². The van der Waals surface area contributed by atoms with Crippen LogP contribution in [0.15, 0.2) is 66.7 Å². The number of ether oxygens (including phenoxy) is 2. The highest BCUT2D eigenvalue weighted by atomic mass is 16.5. The van der Waals surface area contributed by atoms with Crippen molar-refractivity contribution in [3.05, 3.63) is 100 Å². The summed E-state index contributed by atoms with van der Waals surface area (Å²) >= 11 is 0. The maximum absolute atomic E-state index is 13.0. The fraction of sp³-hybridized carbons (Fsp3) is 0.345. The predicted molar refractivity (Wildman–Crippen MR) is 135 cm³/mol. The smallest absolute Gasteiger partial charge is 0.251 e. The molecular weight excluding hydrogens is 424 g/mol. The van der Waals surface area contributed by atoms with Gasteiger partial charge in [0, 0.05) is 32.2 Å². The van der Waals surface area contributed by atoms with Gasteiger partial charge in [-0.15, -0.1) is 0 Å². The number of amides is 1. The number of carbonyl (C=O) groups excluding carboxylic acids is 1. The third-order valence-electron chi connectivity index (χ3n) is 6.15. The van der Waals surface area contributed by atoms with Crippen molar-refractivity contribution in [2.24, 2.45) is 0 Å². The van der Waals surface area contributed by atoms with Gasteiger partial charge in [0.15, 0.2) is 0 Å². The zero-order chi connectivity index (χ0) is 23.6. The van der Waals surface area contributed by atoms with E-state index in [4.69, 9.17) is 9.47 Å². The number of carbonyl (C=O) groups is 1. The van der Waals surface area contributed by atoms with Crippen LogP contribution in [-0.2, 0) is 30.9 Å². The summed E-state index contributed by atoms with van der Waals surface area (Å²) in [4.78, 5) is 13.0. The van der Waals surface area contributed by atoms with E-state index in [9.17, 15) is 4.79 Å². The number of benzene rings is 3.